The van der Waals surface area contributed by atoms with Gasteiger partial charge in [0.2, 0.25) is 5.91 Å². The Morgan fingerprint density at radius 3 is 2.42 bits per heavy atom. The number of rotatable bonds is 6. The van der Waals surface area contributed by atoms with E-state index in [1.54, 1.807) is 51.2 Å². The third-order valence-electron chi connectivity index (χ3n) is 3.59. The minimum absolute atomic E-state index is 0.173. The van der Waals surface area contributed by atoms with Crippen molar-refractivity contribution in [2.24, 2.45) is 0 Å². The molecule has 3 amide bonds. The molecule has 2 N–H and O–H groups in total. The number of benzene rings is 1. The number of nitrogens with one attached hydrogen (secondary N) is 2. The standard InChI is InChI=1S/C18H21N3O5/c1-4-25-18(24)21(3)14-7-5-13(6-8-14)20-16(22)11-19-17(23)15-9-10-26-12(15)2/h5-10H,4,11H2,1-3H3,(H,19,23)(H,20,22). The number of hydrogen-bond acceptors (Lipinski definition) is 5. The van der Waals surface area contributed by atoms with Gasteiger partial charge in [-0.05, 0) is 44.2 Å². The normalized spacial score (nSPS) is 10.1. The number of nitrogens with zero attached hydrogens (tertiary/aromatic N) is 1. The summed E-state index contributed by atoms with van der Waals surface area (Å²) in [6.45, 7) is 3.52. The highest BCUT2D eigenvalue weighted by molar-refractivity contribution is 5.99. The number of carbonyl (C=O) groups excluding carboxylic acids is 3. The molecule has 0 saturated carbocycles. The predicted octanol–water partition coefficient (Wildman–Crippen LogP) is 2.55. The molecule has 2 rings (SSSR count). The maximum absolute atomic E-state index is 11.9. The van der Waals surface area contributed by atoms with Crippen LogP contribution in [0.5, 0.6) is 0 Å². The molecule has 2 aromatic rings. The summed E-state index contributed by atoms with van der Waals surface area (Å²) in [5.74, 6) is -0.256. The van der Waals surface area contributed by atoms with E-state index < -0.39 is 6.09 Å². The molecular weight excluding hydrogens is 338 g/mol. The molecular formula is C18H21N3O5. The van der Waals surface area contributed by atoms with Crippen molar-refractivity contribution >= 4 is 29.3 Å². The van der Waals surface area contributed by atoms with Crippen molar-refractivity contribution in [3.05, 3.63) is 47.9 Å². The quantitative estimate of drug-likeness (QED) is 0.825. The van der Waals surface area contributed by atoms with Gasteiger partial charge in [0.05, 0.1) is 25.0 Å². The molecule has 0 atom stereocenters. The van der Waals surface area contributed by atoms with Crippen molar-refractivity contribution in [1.29, 1.82) is 0 Å². The summed E-state index contributed by atoms with van der Waals surface area (Å²) < 4.78 is 9.97. The molecule has 1 heterocycles. The zero-order valence-corrected chi connectivity index (χ0v) is 14.9. The Balaban J connectivity index is 1.86. The van der Waals surface area contributed by atoms with E-state index in [9.17, 15) is 14.4 Å². The number of carbonyl (C=O) groups is 3. The third-order valence-corrected chi connectivity index (χ3v) is 3.59. The maximum atomic E-state index is 11.9. The monoisotopic (exact) mass is 359 g/mol. The molecule has 0 aliphatic heterocycles. The molecule has 0 radical (unpaired) electrons. The Labute approximate surface area is 151 Å². The van der Waals surface area contributed by atoms with Crippen molar-refractivity contribution in [3.8, 4) is 0 Å². The summed E-state index contributed by atoms with van der Waals surface area (Å²) in [5, 5.41) is 5.19. The lowest BCUT2D eigenvalue weighted by Gasteiger charge is -2.17. The SMILES string of the molecule is CCOC(=O)N(C)c1ccc(NC(=O)CNC(=O)c2ccoc2C)cc1. The summed E-state index contributed by atoms with van der Waals surface area (Å²) in [6.07, 6.45) is 0.959. The van der Waals surface area contributed by atoms with Crippen LogP contribution in [0.1, 0.15) is 23.0 Å². The van der Waals surface area contributed by atoms with Crippen LogP contribution in [-0.4, -0.2) is 38.1 Å². The van der Waals surface area contributed by atoms with Crippen molar-refractivity contribution in [2.75, 3.05) is 30.4 Å². The van der Waals surface area contributed by atoms with Crippen LogP contribution in [0.3, 0.4) is 0 Å². The fraction of sp³-hybridized carbons (Fsp3) is 0.278. The summed E-state index contributed by atoms with van der Waals surface area (Å²) in [5.41, 5.74) is 1.57. The van der Waals surface area contributed by atoms with Crippen molar-refractivity contribution in [3.63, 3.8) is 0 Å². The number of anilines is 2. The van der Waals surface area contributed by atoms with Crippen LogP contribution in [0.25, 0.3) is 0 Å². The van der Waals surface area contributed by atoms with Gasteiger partial charge >= 0.3 is 6.09 Å². The molecule has 8 nitrogen and oxygen atoms in total. The average molecular weight is 359 g/mol. The zero-order chi connectivity index (χ0) is 19.1. The second-order valence-corrected chi connectivity index (χ2v) is 5.43. The number of aryl methyl sites for hydroxylation is 1. The fourth-order valence-electron chi connectivity index (χ4n) is 2.18. The van der Waals surface area contributed by atoms with Gasteiger partial charge in [-0.3, -0.25) is 14.5 Å². The first-order valence-electron chi connectivity index (χ1n) is 8.05. The lowest BCUT2D eigenvalue weighted by Crippen LogP contribution is -2.33. The van der Waals surface area contributed by atoms with Gasteiger partial charge in [0.15, 0.2) is 0 Å². The number of amides is 3. The van der Waals surface area contributed by atoms with Gasteiger partial charge < -0.3 is 19.8 Å². The highest BCUT2D eigenvalue weighted by Gasteiger charge is 2.13. The van der Waals surface area contributed by atoms with Crippen molar-refractivity contribution < 1.29 is 23.5 Å². The van der Waals surface area contributed by atoms with Crippen LogP contribution in [0.15, 0.2) is 41.0 Å². The number of hydrogen-bond donors (Lipinski definition) is 2. The Kier molecular flexibility index (Phi) is 6.37. The molecule has 138 valence electrons. The van der Waals surface area contributed by atoms with E-state index in [-0.39, 0.29) is 18.4 Å². The van der Waals surface area contributed by atoms with E-state index in [1.807, 2.05) is 0 Å². The first-order valence-corrected chi connectivity index (χ1v) is 8.05. The van der Waals surface area contributed by atoms with Crippen molar-refractivity contribution in [2.45, 2.75) is 13.8 Å². The number of ether oxygens (including phenoxy) is 1. The van der Waals surface area contributed by atoms with E-state index >= 15 is 0 Å². The van der Waals surface area contributed by atoms with E-state index in [0.717, 1.165) is 0 Å². The zero-order valence-electron chi connectivity index (χ0n) is 14.9. The van der Waals surface area contributed by atoms with E-state index in [4.69, 9.17) is 9.15 Å². The minimum Gasteiger partial charge on any atom is -0.469 e. The predicted molar refractivity (Wildman–Crippen MR) is 96.3 cm³/mol. The Bertz CT molecular complexity index is 782. The van der Waals surface area contributed by atoms with Gasteiger partial charge in [-0.25, -0.2) is 4.79 Å². The molecule has 0 spiro atoms. The van der Waals surface area contributed by atoms with E-state index in [0.29, 0.717) is 29.3 Å². The summed E-state index contributed by atoms with van der Waals surface area (Å²) in [4.78, 5) is 36.9. The molecule has 0 fully saturated rings. The molecule has 26 heavy (non-hydrogen) atoms. The maximum Gasteiger partial charge on any atom is 0.413 e. The van der Waals surface area contributed by atoms with Crippen LogP contribution < -0.4 is 15.5 Å². The van der Waals surface area contributed by atoms with Gasteiger partial charge in [-0.1, -0.05) is 0 Å². The average Bonchev–Trinajstić information content (AvgIpc) is 3.06. The lowest BCUT2D eigenvalue weighted by atomic mass is 10.2. The molecule has 1 aromatic carbocycles. The van der Waals surface area contributed by atoms with Crippen molar-refractivity contribution in [1.82, 2.24) is 5.32 Å². The summed E-state index contributed by atoms with van der Waals surface area (Å²) in [7, 11) is 1.60. The second kappa shape index (κ2) is 8.70. The van der Waals surface area contributed by atoms with E-state index in [2.05, 4.69) is 10.6 Å². The van der Waals surface area contributed by atoms with Crippen LogP contribution in [-0.2, 0) is 9.53 Å². The van der Waals surface area contributed by atoms with Gasteiger partial charge in [-0.15, -0.1) is 0 Å². The van der Waals surface area contributed by atoms with Crippen LogP contribution in [0.4, 0.5) is 16.2 Å². The highest BCUT2D eigenvalue weighted by Crippen LogP contribution is 2.17. The first kappa shape index (κ1) is 19.0. The number of furan rings is 1. The molecule has 0 bridgehead atoms. The Morgan fingerprint density at radius 2 is 1.85 bits per heavy atom. The van der Waals surface area contributed by atoms with Crippen LogP contribution in [0, 0.1) is 6.92 Å². The molecule has 8 heteroatoms. The topological polar surface area (TPSA) is 101 Å². The van der Waals surface area contributed by atoms with Gasteiger partial charge in [-0.2, -0.15) is 0 Å². The van der Waals surface area contributed by atoms with E-state index in [1.165, 1.54) is 11.2 Å². The van der Waals surface area contributed by atoms with Gasteiger partial charge in [0, 0.05) is 18.4 Å². The molecule has 0 saturated heterocycles. The molecule has 0 aliphatic carbocycles. The van der Waals surface area contributed by atoms with Gasteiger partial charge in [0.25, 0.3) is 5.91 Å². The van der Waals surface area contributed by atoms with Gasteiger partial charge in [0.1, 0.15) is 5.76 Å². The Hall–Kier alpha value is -3.29. The lowest BCUT2D eigenvalue weighted by molar-refractivity contribution is -0.115. The third kappa shape index (κ3) is 4.85. The smallest absolute Gasteiger partial charge is 0.413 e. The Morgan fingerprint density at radius 1 is 1.15 bits per heavy atom. The van der Waals surface area contributed by atoms with Crippen LogP contribution in [0.2, 0.25) is 0 Å². The second-order valence-electron chi connectivity index (χ2n) is 5.43. The summed E-state index contributed by atoms with van der Waals surface area (Å²) in [6, 6.07) is 8.22. The largest absolute Gasteiger partial charge is 0.469 e. The molecule has 0 unspecified atom stereocenters. The fourth-order valence-corrected chi connectivity index (χ4v) is 2.18. The van der Waals surface area contributed by atoms with Crippen LogP contribution >= 0.6 is 0 Å². The molecule has 1 aromatic heterocycles. The molecule has 0 aliphatic rings. The highest BCUT2D eigenvalue weighted by atomic mass is 16.6. The first-order chi connectivity index (χ1) is 12.4. The summed E-state index contributed by atoms with van der Waals surface area (Å²) >= 11 is 0. The minimum atomic E-state index is -0.457.